The summed E-state index contributed by atoms with van der Waals surface area (Å²) in [7, 11) is 1.07. The van der Waals surface area contributed by atoms with Gasteiger partial charge in [-0.1, -0.05) is 0 Å². The van der Waals surface area contributed by atoms with Crippen molar-refractivity contribution >= 4 is 12.6 Å². The fourth-order valence-electron chi connectivity index (χ4n) is 1.29. The van der Waals surface area contributed by atoms with Crippen LogP contribution in [0.5, 0.6) is 5.75 Å². The molecule has 0 saturated heterocycles. The van der Waals surface area contributed by atoms with Crippen LogP contribution >= 0.6 is 0 Å². The highest BCUT2D eigenvalue weighted by Gasteiger charge is 2.19. The van der Waals surface area contributed by atoms with E-state index < -0.39 is 12.9 Å². The highest BCUT2D eigenvalue weighted by Crippen LogP contribution is 2.17. The van der Waals surface area contributed by atoms with Crippen LogP contribution in [-0.2, 0) is 11.3 Å². The van der Waals surface area contributed by atoms with Crippen LogP contribution in [0, 0.1) is 5.82 Å². The zero-order chi connectivity index (χ0) is 11.4. The molecule has 0 aliphatic heterocycles. The van der Waals surface area contributed by atoms with Crippen molar-refractivity contribution in [3.05, 3.63) is 23.5 Å². The van der Waals surface area contributed by atoms with Crippen LogP contribution in [0.1, 0.15) is 5.56 Å². The molecule has 0 heterocycles. The molecule has 0 radical (unpaired) electrons. The Morgan fingerprint density at radius 2 is 2.00 bits per heavy atom. The van der Waals surface area contributed by atoms with Crippen LogP contribution in [0.2, 0.25) is 0 Å². The summed E-state index contributed by atoms with van der Waals surface area (Å²) in [5.41, 5.74) is 0.556. The lowest BCUT2D eigenvalue weighted by Crippen LogP contribution is -2.33. The van der Waals surface area contributed by atoms with Gasteiger partial charge in [-0.25, -0.2) is 4.39 Å². The van der Waals surface area contributed by atoms with E-state index in [1.165, 1.54) is 20.3 Å². The summed E-state index contributed by atoms with van der Waals surface area (Å²) in [6, 6.07) is 2.41. The van der Waals surface area contributed by atoms with Gasteiger partial charge in [-0.2, -0.15) is 0 Å². The first kappa shape index (κ1) is 12.0. The predicted molar refractivity (Wildman–Crippen MR) is 53.5 cm³/mol. The molecule has 0 unspecified atom stereocenters. The average Bonchev–Trinajstić information content (AvgIpc) is 2.20. The minimum Gasteiger partial charge on any atom is -0.494 e. The number of rotatable bonds is 4. The van der Waals surface area contributed by atoms with E-state index in [9.17, 15) is 4.39 Å². The van der Waals surface area contributed by atoms with Crippen LogP contribution in [0.25, 0.3) is 0 Å². The van der Waals surface area contributed by atoms with Gasteiger partial charge >= 0.3 is 7.12 Å². The minimum absolute atomic E-state index is 0.0476. The van der Waals surface area contributed by atoms with Gasteiger partial charge < -0.3 is 19.5 Å². The number of hydrogen-bond acceptors (Lipinski definition) is 4. The fourth-order valence-corrected chi connectivity index (χ4v) is 1.29. The molecule has 0 amide bonds. The van der Waals surface area contributed by atoms with Crippen molar-refractivity contribution in [1.82, 2.24) is 0 Å². The maximum absolute atomic E-state index is 13.2. The van der Waals surface area contributed by atoms with Gasteiger partial charge in [-0.3, -0.25) is 0 Å². The van der Waals surface area contributed by atoms with Crippen molar-refractivity contribution in [2.24, 2.45) is 0 Å². The third kappa shape index (κ3) is 2.68. The predicted octanol–water partition coefficient (Wildman–Crippen LogP) is -0.340. The van der Waals surface area contributed by atoms with E-state index in [4.69, 9.17) is 19.5 Å². The summed E-state index contributed by atoms with van der Waals surface area (Å²) >= 11 is 0. The Hall–Kier alpha value is -1.11. The van der Waals surface area contributed by atoms with Crippen LogP contribution in [0.15, 0.2) is 12.1 Å². The third-order valence-corrected chi connectivity index (χ3v) is 1.99. The second-order valence-electron chi connectivity index (χ2n) is 2.99. The maximum atomic E-state index is 13.2. The molecule has 0 spiro atoms. The van der Waals surface area contributed by atoms with E-state index in [0.717, 1.165) is 6.07 Å². The van der Waals surface area contributed by atoms with E-state index in [0.29, 0.717) is 5.56 Å². The van der Waals surface area contributed by atoms with Crippen molar-refractivity contribution in [3.63, 3.8) is 0 Å². The van der Waals surface area contributed by atoms with E-state index in [2.05, 4.69) is 0 Å². The maximum Gasteiger partial charge on any atom is 0.488 e. The van der Waals surface area contributed by atoms with Crippen LogP contribution in [0.4, 0.5) is 4.39 Å². The van der Waals surface area contributed by atoms with Crippen LogP contribution in [0.3, 0.4) is 0 Å². The molecule has 2 N–H and O–H groups in total. The second-order valence-corrected chi connectivity index (χ2v) is 2.99. The summed E-state index contributed by atoms with van der Waals surface area (Å²) in [6.45, 7) is 0.156. The largest absolute Gasteiger partial charge is 0.494 e. The number of benzene rings is 1. The van der Waals surface area contributed by atoms with Gasteiger partial charge in [-0.15, -0.1) is 0 Å². The molecule has 0 aromatic heterocycles. The van der Waals surface area contributed by atoms with Gasteiger partial charge in [0.1, 0.15) is 0 Å². The zero-order valence-corrected chi connectivity index (χ0v) is 8.53. The van der Waals surface area contributed by atoms with Gasteiger partial charge in [0.2, 0.25) is 0 Å². The summed E-state index contributed by atoms with van der Waals surface area (Å²) in [5, 5.41) is 18.0. The highest BCUT2D eigenvalue weighted by molar-refractivity contribution is 6.59. The van der Waals surface area contributed by atoms with Gasteiger partial charge in [0, 0.05) is 7.11 Å². The topological polar surface area (TPSA) is 58.9 Å². The number of hydrogen-bond donors (Lipinski definition) is 2. The molecule has 1 rings (SSSR count). The summed E-state index contributed by atoms with van der Waals surface area (Å²) in [4.78, 5) is 0. The lowest BCUT2D eigenvalue weighted by molar-refractivity contribution is 0.185. The van der Waals surface area contributed by atoms with Crippen molar-refractivity contribution in [3.8, 4) is 5.75 Å². The number of halogens is 1. The lowest BCUT2D eigenvalue weighted by atomic mass is 9.77. The van der Waals surface area contributed by atoms with E-state index in [-0.39, 0.29) is 17.8 Å². The molecule has 0 bridgehead atoms. The van der Waals surface area contributed by atoms with Crippen LogP contribution in [-0.4, -0.2) is 31.4 Å². The van der Waals surface area contributed by atoms with Crippen molar-refractivity contribution in [2.45, 2.75) is 6.61 Å². The average molecular weight is 214 g/mol. The third-order valence-electron chi connectivity index (χ3n) is 1.99. The minimum atomic E-state index is -1.73. The molecular formula is C9H12BFO4. The molecule has 82 valence electrons. The Balaban J connectivity index is 3.19. The Bertz CT molecular complexity index is 343. The smallest absolute Gasteiger partial charge is 0.488 e. The quantitative estimate of drug-likeness (QED) is 0.673. The SMILES string of the molecule is COCc1cc(OC)c(F)cc1B(O)O. The van der Waals surface area contributed by atoms with Crippen molar-refractivity contribution < 1.29 is 23.9 Å². The summed E-state index contributed by atoms with van der Waals surface area (Å²) in [6.07, 6.45) is 0. The van der Waals surface area contributed by atoms with E-state index in [1.54, 1.807) is 0 Å². The van der Waals surface area contributed by atoms with Crippen molar-refractivity contribution in [2.75, 3.05) is 14.2 Å². The Morgan fingerprint density at radius 3 is 2.47 bits per heavy atom. The first-order valence-corrected chi connectivity index (χ1v) is 4.31. The highest BCUT2D eigenvalue weighted by atomic mass is 19.1. The lowest BCUT2D eigenvalue weighted by Gasteiger charge is -2.11. The first-order chi connectivity index (χ1) is 7.10. The molecule has 0 aliphatic carbocycles. The molecule has 0 aliphatic rings. The van der Waals surface area contributed by atoms with Crippen molar-refractivity contribution in [1.29, 1.82) is 0 Å². The zero-order valence-electron chi connectivity index (χ0n) is 8.53. The Kier molecular flexibility index (Phi) is 4.08. The summed E-state index contributed by atoms with van der Waals surface area (Å²) < 4.78 is 22.9. The molecule has 15 heavy (non-hydrogen) atoms. The molecule has 0 atom stereocenters. The molecule has 0 fully saturated rings. The first-order valence-electron chi connectivity index (χ1n) is 4.31. The van der Waals surface area contributed by atoms with Gasteiger partial charge in [-0.05, 0) is 23.2 Å². The molecule has 1 aromatic rings. The monoisotopic (exact) mass is 214 g/mol. The van der Waals surface area contributed by atoms with E-state index in [1.807, 2.05) is 0 Å². The summed E-state index contributed by atoms with van der Waals surface area (Å²) in [5.74, 6) is -0.591. The Labute approximate surface area is 87.4 Å². The molecule has 4 nitrogen and oxygen atoms in total. The van der Waals surface area contributed by atoms with Gasteiger partial charge in [0.25, 0.3) is 0 Å². The fraction of sp³-hybridized carbons (Fsp3) is 0.333. The standard InChI is InChI=1S/C9H12BFO4/c1-14-5-6-3-9(15-2)8(11)4-7(6)10(12)13/h3-4,12-13H,5H2,1-2H3. The van der Waals surface area contributed by atoms with Crippen LogP contribution < -0.4 is 10.2 Å². The second kappa shape index (κ2) is 5.11. The normalized spacial score (nSPS) is 10.2. The molecular weight excluding hydrogens is 202 g/mol. The molecule has 0 saturated carbocycles. The molecule has 6 heteroatoms. The Morgan fingerprint density at radius 1 is 1.33 bits per heavy atom. The number of ether oxygens (including phenoxy) is 2. The van der Waals surface area contributed by atoms with Gasteiger partial charge in [0.05, 0.1) is 13.7 Å². The van der Waals surface area contributed by atoms with Gasteiger partial charge in [0.15, 0.2) is 11.6 Å². The van der Waals surface area contributed by atoms with E-state index >= 15 is 0 Å². The molecule has 1 aromatic carbocycles. The number of methoxy groups -OCH3 is 2.